The molecule has 1 unspecified atom stereocenters. The Hall–Kier alpha value is -1.05. The van der Waals surface area contributed by atoms with Gasteiger partial charge in [-0.2, -0.15) is 0 Å². The fraction of sp³-hybridized carbons (Fsp3) is 0.429. The molecular formula is C7H8ClNO3. The monoisotopic (exact) mass is 189 g/mol. The molecule has 2 N–H and O–H groups in total. The first-order valence-electron chi connectivity index (χ1n) is 3.12. The first-order chi connectivity index (χ1) is 5.57. The Morgan fingerprint density at radius 1 is 1.67 bits per heavy atom. The first-order valence-corrected chi connectivity index (χ1v) is 3.49. The van der Waals surface area contributed by atoms with Gasteiger partial charge in [0.05, 0.1) is 0 Å². The molecule has 0 fully saturated rings. The third-order valence-electron chi connectivity index (χ3n) is 0.968. The topological polar surface area (TPSA) is 69.4 Å². The predicted octanol–water partition coefficient (Wildman–Crippen LogP) is -0.354. The number of nitrogens with two attached hydrogens (primary N) is 1. The number of carbonyl (C=O) groups is 2. The van der Waals surface area contributed by atoms with E-state index in [1.54, 1.807) is 0 Å². The van der Waals surface area contributed by atoms with Crippen LogP contribution in [-0.4, -0.2) is 23.9 Å². The highest BCUT2D eigenvalue weighted by molar-refractivity contribution is 6.64. The van der Waals surface area contributed by atoms with Gasteiger partial charge in [-0.25, -0.2) is 0 Å². The maximum Gasteiger partial charge on any atom is 0.324 e. The van der Waals surface area contributed by atoms with Crippen LogP contribution in [0.4, 0.5) is 0 Å². The molecule has 0 spiro atoms. The summed E-state index contributed by atoms with van der Waals surface area (Å²) < 4.78 is 4.38. The second-order valence-corrected chi connectivity index (χ2v) is 2.40. The van der Waals surface area contributed by atoms with E-state index in [0.29, 0.717) is 0 Å². The second-order valence-electron chi connectivity index (χ2n) is 1.98. The van der Waals surface area contributed by atoms with Crippen molar-refractivity contribution in [1.29, 1.82) is 0 Å². The molecule has 0 aliphatic rings. The van der Waals surface area contributed by atoms with E-state index in [4.69, 9.17) is 23.8 Å². The Morgan fingerprint density at radius 3 is 2.67 bits per heavy atom. The van der Waals surface area contributed by atoms with Gasteiger partial charge in [-0.3, -0.25) is 9.59 Å². The molecule has 0 saturated heterocycles. The van der Waals surface area contributed by atoms with Crippen molar-refractivity contribution in [2.24, 2.45) is 5.73 Å². The molecule has 1 atom stereocenters. The molecular weight excluding hydrogens is 182 g/mol. The molecule has 0 aliphatic heterocycles. The summed E-state index contributed by atoms with van der Waals surface area (Å²) in [5.41, 5.74) is 5.24. The van der Waals surface area contributed by atoms with Crippen LogP contribution in [0.3, 0.4) is 0 Å². The minimum Gasteiger partial charge on any atom is -0.455 e. The van der Waals surface area contributed by atoms with Crippen LogP contribution in [0.15, 0.2) is 0 Å². The molecule has 0 bridgehead atoms. The van der Waals surface area contributed by atoms with Gasteiger partial charge in [0.2, 0.25) is 0 Å². The minimum atomic E-state index is -0.883. The van der Waals surface area contributed by atoms with Crippen molar-refractivity contribution in [3.63, 3.8) is 0 Å². The summed E-state index contributed by atoms with van der Waals surface area (Å²) in [5, 5.41) is -0.753. The van der Waals surface area contributed by atoms with Crippen LogP contribution in [0.2, 0.25) is 0 Å². The lowest BCUT2D eigenvalue weighted by molar-refractivity contribution is -0.147. The molecule has 66 valence electrons. The van der Waals surface area contributed by atoms with E-state index in [9.17, 15) is 9.59 Å². The Balaban J connectivity index is 3.73. The largest absolute Gasteiger partial charge is 0.455 e. The first kappa shape index (κ1) is 11.0. The molecule has 0 aromatic carbocycles. The predicted molar refractivity (Wildman–Crippen MR) is 43.2 cm³/mol. The zero-order valence-corrected chi connectivity index (χ0v) is 7.00. The number of hydrogen-bond acceptors (Lipinski definition) is 4. The maximum atomic E-state index is 10.8. The molecule has 0 aromatic rings. The summed E-state index contributed by atoms with van der Waals surface area (Å²) >= 11 is 4.91. The normalized spacial score (nSPS) is 11.4. The van der Waals surface area contributed by atoms with Crippen molar-refractivity contribution in [3.8, 4) is 12.3 Å². The van der Waals surface area contributed by atoms with Gasteiger partial charge in [0.15, 0.2) is 6.61 Å². The zero-order chi connectivity index (χ0) is 9.56. The van der Waals surface area contributed by atoms with Gasteiger partial charge in [0, 0.05) is 6.42 Å². The van der Waals surface area contributed by atoms with Crippen LogP contribution in [0, 0.1) is 12.3 Å². The van der Waals surface area contributed by atoms with Gasteiger partial charge < -0.3 is 10.5 Å². The number of esters is 1. The number of rotatable bonds is 4. The zero-order valence-electron chi connectivity index (χ0n) is 6.25. The average Bonchev–Trinajstić information content (AvgIpc) is 2.00. The molecule has 0 aliphatic carbocycles. The summed E-state index contributed by atoms with van der Waals surface area (Å²) in [6, 6.07) is -0.883. The van der Waals surface area contributed by atoms with Gasteiger partial charge >= 0.3 is 5.97 Å². The van der Waals surface area contributed by atoms with Crippen LogP contribution >= 0.6 is 11.6 Å². The lowest BCUT2D eigenvalue weighted by atomic mass is 10.2. The summed E-state index contributed by atoms with van der Waals surface area (Å²) in [6.45, 7) is -0.474. The smallest absolute Gasteiger partial charge is 0.324 e. The summed E-state index contributed by atoms with van der Waals surface area (Å²) in [6.07, 6.45) is 4.97. The van der Waals surface area contributed by atoms with Crippen molar-refractivity contribution in [1.82, 2.24) is 0 Å². The third-order valence-corrected chi connectivity index (χ3v) is 1.08. The molecule has 0 heterocycles. The van der Waals surface area contributed by atoms with Crippen molar-refractivity contribution in [2.75, 3.05) is 6.61 Å². The molecule has 12 heavy (non-hydrogen) atoms. The Labute approximate surface area is 75.0 Å². The number of terminal acetylenes is 1. The average molecular weight is 190 g/mol. The molecule has 4 nitrogen and oxygen atoms in total. The molecule has 0 saturated carbocycles. The van der Waals surface area contributed by atoms with Crippen LogP contribution in [0.5, 0.6) is 0 Å². The fourth-order valence-electron chi connectivity index (χ4n) is 0.445. The van der Waals surface area contributed by atoms with Gasteiger partial charge in [0.25, 0.3) is 5.24 Å². The van der Waals surface area contributed by atoms with Gasteiger partial charge in [-0.15, -0.1) is 12.3 Å². The number of carbonyl (C=O) groups excluding carboxylic acids is 2. The number of ether oxygens (including phenoxy) is 1. The van der Waals surface area contributed by atoms with E-state index in [1.165, 1.54) is 0 Å². The van der Waals surface area contributed by atoms with E-state index in [0.717, 1.165) is 0 Å². The van der Waals surface area contributed by atoms with Gasteiger partial charge in [-0.1, -0.05) is 0 Å². The second kappa shape index (κ2) is 5.58. The van der Waals surface area contributed by atoms with Crippen LogP contribution in [0.25, 0.3) is 0 Å². The van der Waals surface area contributed by atoms with Crippen LogP contribution in [0.1, 0.15) is 6.42 Å². The van der Waals surface area contributed by atoms with Crippen molar-refractivity contribution in [2.45, 2.75) is 12.5 Å². The molecule has 0 radical (unpaired) electrons. The van der Waals surface area contributed by atoms with Crippen molar-refractivity contribution < 1.29 is 14.3 Å². The third kappa shape index (κ3) is 4.72. The van der Waals surface area contributed by atoms with Crippen LogP contribution < -0.4 is 5.73 Å². The Morgan fingerprint density at radius 2 is 2.25 bits per heavy atom. The molecule has 5 heteroatoms. The van der Waals surface area contributed by atoms with E-state index < -0.39 is 23.9 Å². The Kier molecular flexibility index (Phi) is 5.09. The highest BCUT2D eigenvalue weighted by Crippen LogP contribution is 1.91. The maximum absolute atomic E-state index is 10.8. The quantitative estimate of drug-likeness (QED) is 0.373. The van der Waals surface area contributed by atoms with Crippen molar-refractivity contribution >= 4 is 22.8 Å². The number of halogens is 1. The standard InChI is InChI=1S/C7H8ClNO3/c1-2-3-5(9)7(11)12-4-6(8)10/h1,5H,3-4,9H2. The molecule has 0 rings (SSSR count). The number of hydrogen-bond donors (Lipinski definition) is 1. The van der Waals surface area contributed by atoms with Crippen molar-refractivity contribution in [3.05, 3.63) is 0 Å². The summed E-state index contributed by atoms with van der Waals surface area (Å²) in [4.78, 5) is 20.9. The van der Waals surface area contributed by atoms with E-state index in [2.05, 4.69) is 10.7 Å². The van der Waals surface area contributed by atoms with E-state index in [-0.39, 0.29) is 6.42 Å². The van der Waals surface area contributed by atoms with Gasteiger partial charge in [0.1, 0.15) is 6.04 Å². The molecule has 0 aromatic heterocycles. The van der Waals surface area contributed by atoms with E-state index >= 15 is 0 Å². The lowest BCUT2D eigenvalue weighted by Gasteiger charge is -2.05. The Bertz CT molecular complexity index is 221. The summed E-state index contributed by atoms with van der Waals surface area (Å²) in [7, 11) is 0. The van der Waals surface area contributed by atoms with Crippen LogP contribution in [-0.2, 0) is 14.3 Å². The van der Waals surface area contributed by atoms with Gasteiger partial charge in [-0.05, 0) is 11.6 Å². The SMILES string of the molecule is C#CCC(N)C(=O)OCC(=O)Cl. The van der Waals surface area contributed by atoms with E-state index in [1.807, 2.05) is 0 Å². The summed E-state index contributed by atoms with van der Waals surface area (Å²) in [5.74, 6) is 1.47. The lowest BCUT2D eigenvalue weighted by Crippen LogP contribution is -2.32. The minimum absolute atomic E-state index is 0.0787. The highest BCUT2D eigenvalue weighted by Gasteiger charge is 2.14. The molecule has 0 amide bonds. The fourth-order valence-corrected chi connectivity index (χ4v) is 0.500. The highest BCUT2D eigenvalue weighted by atomic mass is 35.5.